The maximum absolute atomic E-state index is 14.9. The van der Waals surface area contributed by atoms with E-state index in [0.29, 0.717) is 36.0 Å². The zero-order valence-corrected chi connectivity index (χ0v) is 16.5. The molecular formula is C19H20FN5O3S. The van der Waals surface area contributed by atoms with Crippen molar-refractivity contribution in [3.05, 3.63) is 42.6 Å². The maximum atomic E-state index is 14.9. The van der Waals surface area contributed by atoms with Crippen molar-refractivity contribution in [2.75, 3.05) is 29.5 Å². The van der Waals surface area contributed by atoms with Gasteiger partial charge >= 0.3 is 0 Å². The molecular weight excluding hydrogens is 397 g/mol. The summed E-state index contributed by atoms with van der Waals surface area (Å²) >= 11 is 0. The first-order valence-corrected chi connectivity index (χ1v) is 11.0. The van der Waals surface area contributed by atoms with Crippen LogP contribution in [0, 0.1) is 5.82 Å². The Kier molecular flexibility index (Phi) is 5.20. The first-order valence-electron chi connectivity index (χ1n) is 8.90. The lowest BCUT2D eigenvalue weighted by molar-refractivity contribution is 0.138. The lowest BCUT2D eigenvalue weighted by Crippen LogP contribution is -2.17. The zero-order valence-electron chi connectivity index (χ0n) is 15.7. The summed E-state index contributed by atoms with van der Waals surface area (Å²) in [6, 6.07) is 6.35. The molecule has 10 heteroatoms. The summed E-state index contributed by atoms with van der Waals surface area (Å²) in [5.74, 6) is 3.61. The molecule has 0 spiro atoms. The quantitative estimate of drug-likeness (QED) is 0.595. The van der Waals surface area contributed by atoms with Gasteiger partial charge in [0.25, 0.3) is 0 Å². The van der Waals surface area contributed by atoms with Crippen molar-refractivity contribution in [1.29, 1.82) is 0 Å². The number of rotatable bonds is 6. The number of pyridine rings is 1. The summed E-state index contributed by atoms with van der Waals surface area (Å²) in [6.45, 7) is 1.15. The second-order valence-corrected chi connectivity index (χ2v) is 8.98. The van der Waals surface area contributed by atoms with Gasteiger partial charge in [0.15, 0.2) is 0 Å². The summed E-state index contributed by atoms with van der Waals surface area (Å²) in [7, 11) is -2.55. The fourth-order valence-corrected chi connectivity index (χ4v) is 3.63. The first kappa shape index (κ1) is 19.3. The van der Waals surface area contributed by atoms with E-state index >= 15 is 0 Å². The third kappa shape index (κ3) is 4.54. The van der Waals surface area contributed by atoms with Crippen molar-refractivity contribution in [1.82, 2.24) is 15.0 Å². The van der Waals surface area contributed by atoms with E-state index in [1.165, 1.54) is 18.6 Å². The third-order valence-corrected chi connectivity index (χ3v) is 4.88. The molecule has 1 aliphatic heterocycles. The Labute approximate surface area is 167 Å². The minimum absolute atomic E-state index is 0.0792. The molecule has 3 aromatic rings. The second-order valence-electron chi connectivity index (χ2n) is 6.77. The number of nitrogens with zero attached hydrogens (tertiary/aromatic N) is 3. The number of hydrogen-bond donors (Lipinski definition) is 2. The average molecular weight is 417 g/mol. The van der Waals surface area contributed by atoms with Gasteiger partial charge in [-0.2, -0.15) is 0 Å². The van der Waals surface area contributed by atoms with Gasteiger partial charge in [0.2, 0.25) is 5.88 Å². The van der Waals surface area contributed by atoms with Crippen molar-refractivity contribution in [2.45, 2.75) is 12.5 Å². The highest BCUT2D eigenvalue weighted by Crippen LogP contribution is 2.32. The van der Waals surface area contributed by atoms with Gasteiger partial charge < -0.3 is 19.5 Å². The molecule has 1 saturated heterocycles. The van der Waals surface area contributed by atoms with Crippen LogP contribution in [0.3, 0.4) is 0 Å². The fraction of sp³-hybridized carbons (Fsp3) is 0.263. The van der Waals surface area contributed by atoms with Crippen LogP contribution in [0.2, 0.25) is 0 Å². The van der Waals surface area contributed by atoms with Crippen LogP contribution < -0.4 is 14.8 Å². The van der Waals surface area contributed by atoms with Gasteiger partial charge in [-0.3, -0.25) is 0 Å². The highest BCUT2D eigenvalue weighted by molar-refractivity contribution is 8.00. The van der Waals surface area contributed by atoms with Crippen molar-refractivity contribution >= 4 is 43.7 Å². The number of nitrogens with one attached hydrogen (secondary N) is 2. The highest BCUT2D eigenvalue weighted by Gasteiger charge is 2.20. The molecule has 2 atom stereocenters. The minimum atomic E-state index is -2.55. The van der Waals surface area contributed by atoms with Gasteiger partial charge in [0.05, 0.1) is 29.8 Å². The molecule has 3 heterocycles. The van der Waals surface area contributed by atoms with Crippen LogP contribution in [0.4, 0.5) is 21.6 Å². The highest BCUT2D eigenvalue weighted by atomic mass is 32.2. The molecule has 152 valence electrons. The standard InChI is InChI=1S/C19H20FN5O3S/c1-29(2,26)25-12-8-14(20)17-16(9-12)22-11-23-18(17)24-15-4-3-6-21-19(15)28-13-5-7-27-10-13/h3-4,6,8-9,11,13H,1,5,7,10H2,2H3,(H,25,26)(H,22,23,24). The minimum Gasteiger partial charge on any atom is -0.470 e. The Bertz CT molecular complexity index is 1150. The third-order valence-electron chi connectivity index (χ3n) is 4.21. The number of ether oxygens (including phenoxy) is 2. The fourth-order valence-electron chi connectivity index (χ4n) is 3.02. The molecule has 1 aliphatic rings. The Balaban J connectivity index is 1.68. The van der Waals surface area contributed by atoms with Gasteiger partial charge in [-0.1, -0.05) is 0 Å². The van der Waals surface area contributed by atoms with Gasteiger partial charge in [-0.05, 0) is 30.1 Å². The number of benzene rings is 1. The molecule has 4 rings (SSSR count). The van der Waals surface area contributed by atoms with E-state index in [1.54, 1.807) is 24.4 Å². The molecule has 2 aromatic heterocycles. The van der Waals surface area contributed by atoms with E-state index in [4.69, 9.17) is 9.47 Å². The molecule has 8 nitrogen and oxygen atoms in total. The normalized spacial score (nSPS) is 18.3. The monoisotopic (exact) mass is 417 g/mol. The van der Waals surface area contributed by atoms with Crippen LogP contribution in [-0.4, -0.2) is 50.6 Å². The predicted molar refractivity (Wildman–Crippen MR) is 112 cm³/mol. The topological polar surface area (TPSA) is 98.3 Å². The smallest absolute Gasteiger partial charge is 0.238 e. The zero-order chi connectivity index (χ0) is 20.4. The van der Waals surface area contributed by atoms with Gasteiger partial charge in [0.1, 0.15) is 29.8 Å². The predicted octanol–water partition coefficient (Wildman–Crippen LogP) is 2.75. The number of halogens is 1. The largest absolute Gasteiger partial charge is 0.470 e. The number of fused-ring (bicyclic) bond motifs is 1. The van der Waals surface area contributed by atoms with Gasteiger partial charge in [-0.25, -0.2) is 23.6 Å². The molecule has 0 bridgehead atoms. The summed E-state index contributed by atoms with van der Waals surface area (Å²) in [5.41, 5.74) is 1.23. The van der Waals surface area contributed by atoms with Crippen molar-refractivity contribution < 1.29 is 18.1 Å². The lowest BCUT2D eigenvalue weighted by atomic mass is 10.2. The molecule has 0 amide bonds. The molecule has 1 fully saturated rings. The van der Waals surface area contributed by atoms with E-state index < -0.39 is 15.5 Å². The Morgan fingerprint density at radius 1 is 1.34 bits per heavy atom. The molecule has 29 heavy (non-hydrogen) atoms. The van der Waals surface area contributed by atoms with E-state index in [1.807, 2.05) is 0 Å². The Morgan fingerprint density at radius 3 is 2.97 bits per heavy atom. The number of anilines is 3. The SMILES string of the molecule is C=S(C)(=O)Nc1cc(F)c2c(Nc3cccnc3OC3CCOC3)ncnc2c1. The Hall–Kier alpha value is -2.98. The van der Waals surface area contributed by atoms with Crippen LogP contribution >= 0.6 is 0 Å². The van der Waals surface area contributed by atoms with Crippen molar-refractivity contribution in [3.8, 4) is 5.88 Å². The number of aromatic nitrogens is 3. The molecule has 0 saturated carbocycles. The van der Waals surface area contributed by atoms with E-state index in [9.17, 15) is 8.60 Å². The molecule has 2 N–H and O–H groups in total. The van der Waals surface area contributed by atoms with Gasteiger partial charge in [0, 0.05) is 28.6 Å². The molecule has 2 unspecified atom stereocenters. The molecule has 0 aliphatic carbocycles. The van der Waals surface area contributed by atoms with E-state index in [2.05, 4.69) is 30.9 Å². The Morgan fingerprint density at radius 2 is 2.21 bits per heavy atom. The average Bonchev–Trinajstić information content (AvgIpc) is 3.15. The van der Waals surface area contributed by atoms with Crippen molar-refractivity contribution in [3.63, 3.8) is 0 Å². The number of hydrogen-bond acceptors (Lipinski definition) is 7. The van der Waals surface area contributed by atoms with Crippen LogP contribution in [0.15, 0.2) is 36.8 Å². The van der Waals surface area contributed by atoms with Crippen LogP contribution in [0.5, 0.6) is 5.88 Å². The summed E-state index contributed by atoms with van der Waals surface area (Å²) in [4.78, 5) is 12.6. The summed E-state index contributed by atoms with van der Waals surface area (Å²) in [6.07, 6.45) is 5.08. The van der Waals surface area contributed by atoms with E-state index in [0.717, 1.165) is 6.42 Å². The van der Waals surface area contributed by atoms with Crippen LogP contribution in [0.1, 0.15) is 6.42 Å². The lowest BCUT2D eigenvalue weighted by Gasteiger charge is -2.16. The summed E-state index contributed by atoms with van der Waals surface area (Å²) < 4.78 is 40.7. The van der Waals surface area contributed by atoms with Crippen LogP contribution in [-0.2, 0) is 14.4 Å². The van der Waals surface area contributed by atoms with E-state index in [-0.39, 0.29) is 17.3 Å². The summed E-state index contributed by atoms with van der Waals surface area (Å²) in [5, 5.41) is 3.29. The van der Waals surface area contributed by atoms with Crippen molar-refractivity contribution in [2.24, 2.45) is 0 Å². The van der Waals surface area contributed by atoms with Gasteiger partial charge in [-0.15, -0.1) is 0 Å². The van der Waals surface area contributed by atoms with Crippen LogP contribution in [0.25, 0.3) is 10.9 Å². The maximum Gasteiger partial charge on any atom is 0.238 e. The first-order chi connectivity index (χ1) is 13.9. The second kappa shape index (κ2) is 7.80. The molecule has 0 radical (unpaired) electrons. The molecule has 1 aromatic carbocycles.